The van der Waals surface area contributed by atoms with E-state index in [1.165, 1.54) is 30.2 Å². The van der Waals surface area contributed by atoms with Crippen molar-refractivity contribution in [2.24, 2.45) is 5.92 Å². The maximum Gasteiger partial charge on any atom is 0.166 e. The predicted molar refractivity (Wildman–Crippen MR) is 139 cm³/mol. The van der Waals surface area contributed by atoms with Gasteiger partial charge in [-0.2, -0.15) is 5.10 Å². The van der Waals surface area contributed by atoms with Crippen LogP contribution in [0.1, 0.15) is 73.6 Å². The van der Waals surface area contributed by atoms with Gasteiger partial charge < -0.3 is 10.5 Å². The number of pyridine rings is 2. The number of hydrogen-bond acceptors (Lipinski definition) is 5. The smallest absolute Gasteiger partial charge is 0.166 e. The number of aromatic nitrogens is 4. The Morgan fingerprint density at radius 2 is 2.00 bits per heavy atom. The minimum atomic E-state index is -0.453. The van der Waals surface area contributed by atoms with Gasteiger partial charge in [-0.3, -0.25) is 9.67 Å². The van der Waals surface area contributed by atoms with Gasteiger partial charge in [0.25, 0.3) is 0 Å². The molecule has 2 aliphatic heterocycles. The van der Waals surface area contributed by atoms with Gasteiger partial charge in [-0.25, -0.2) is 9.37 Å². The Morgan fingerprint density at radius 1 is 1.14 bits per heavy atom. The number of anilines is 1. The first-order valence-electron chi connectivity index (χ1n) is 13.3. The van der Waals surface area contributed by atoms with Crippen molar-refractivity contribution in [1.82, 2.24) is 19.7 Å². The van der Waals surface area contributed by atoms with E-state index in [9.17, 15) is 4.39 Å². The number of nitrogen functional groups attached to an aromatic ring is 1. The largest absolute Gasteiger partial charge is 0.482 e. The maximum atomic E-state index is 14.5. The Hall–Kier alpha value is -3.74. The predicted octanol–water partition coefficient (Wildman–Crippen LogP) is 6.16. The van der Waals surface area contributed by atoms with Crippen LogP contribution < -0.4 is 10.5 Å². The van der Waals surface area contributed by atoms with Gasteiger partial charge in [-0.1, -0.05) is 6.07 Å². The molecule has 1 aromatic carbocycles. The molecule has 7 heteroatoms. The maximum absolute atomic E-state index is 14.5. The van der Waals surface area contributed by atoms with Crippen LogP contribution in [0, 0.1) is 11.7 Å². The number of ether oxygens (including phenoxy) is 1. The summed E-state index contributed by atoms with van der Waals surface area (Å²) in [6.45, 7) is 1.93. The van der Waals surface area contributed by atoms with Crippen LogP contribution in [0.15, 0.2) is 48.8 Å². The van der Waals surface area contributed by atoms with E-state index in [4.69, 9.17) is 20.6 Å². The van der Waals surface area contributed by atoms with E-state index in [2.05, 4.69) is 15.7 Å². The lowest BCUT2D eigenvalue weighted by Crippen LogP contribution is -2.13. The molecule has 2 aliphatic carbocycles. The monoisotopic (exact) mass is 493 g/mol. The van der Waals surface area contributed by atoms with Crippen LogP contribution in [0.2, 0.25) is 0 Å². The second-order valence-electron chi connectivity index (χ2n) is 11.3. The molecule has 2 saturated carbocycles. The zero-order chi connectivity index (χ0) is 24.9. The molecule has 186 valence electrons. The Balaban J connectivity index is 1.45. The van der Waals surface area contributed by atoms with Crippen molar-refractivity contribution in [2.45, 2.75) is 63.0 Å². The van der Waals surface area contributed by atoms with Crippen molar-refractivity contribution in [3.63, 3.8) is 0 Å². The standard InChI is InChI=1S/C30H28FN5O/c1-16-22-13-19(31)6-7-21(22)27-20(3-2-10-33-27)23-14-30(8-9-30)36-28(23)26(24(35-36)11-17-4-5-17)18-12-25(37-16)29(32)34-15-18/h2-3,6-7,10,12-13,15-17,23H,4-5,8-9,11,14H2,1H3,(H2,32,34)/t16-,23?/m1/s1. The molecule has 3 aromatic heterocycles. The molecule has 8 rings (SSSR count). The summed E-state index contributed by atoms with van der Waals surface area (Å²) >= 11 is 0. The van der Waals surface area contributed by atoms with Gasteiger partial charge in [0.15, 0.2) is 11.6 Å². The molecule has 0 amide bonds. The number of nitrogens with zero attached hydrogens (tertiary/aromatic N) is 4. The highest BCUT2D eigenvalue weighted by Crippen LogP contribution is 2.60. The average Bonchev–Trinajstić information content (AvgIpc) is 3.80. The molecule has 2 fully saturated rings. The van der Waals surface area contributed by atoms with Gasteiger partial charge >= 0.3 is 0 Å². The Morgan fingerprint density at radius 3 is 2.81 bits per heavy atom. The van der Waals surface area contributed by atoms with Crippen LogP contribution in [-0.2, 0) is 12.0 Å². The van der Waals surface area contributed by atoms with E-state index in [0.717, 1.165) is 59.3 Å². The summed E-state index contributed by atoms with van der Waals surface area (Å²) in [6, 6.07) is 11.1. The van der Waals surface area contributed by atoms with Crippen molar-refractivity contribution < 1.29 is 9.13 Å². The number of hydrogen-bond donors (Lipinski definition) is 1. The second kappa shape index (κ2) is 7.40. The van der Waals surface area contributed by atoms with Crippen molar-refractivity contribution in [2.75, 3.05) is 5.73 Å². The minimum absolute atomic E-state index is 0.0727. The lowest BCUT2D eigenvalue weighted by Gasteiger charge is -2.23. The molecule has 1 unspecified atom stereocenters. The van der Waals surface area contributed by atoms with Gasteiger partial charge in [-0.15, -0.1) is 0 Å². The van der Waals surface area contributed by atoms with E-state index in [1.54, 1.807) is 6.07 Å². The second-order valence-corrected chi connectivity index (χ2v) is 11.3. The first-order chi connectivity index (χ1) is 18.0. The van der Waals surface area contributed by atoms with E-state index in [-0.39, 0.29) is 17.3 Å². The van der Waals surface area contributed by atoms with Crippen LogP contribution in [0.3, 0.4) is 0 Å². The van der Waals surface area contributed by atoms with E-state index in [1.807, 2.05) is 37.5 Å². The summed E-state index contributed by atoms with van der Waals surface area (Å²) in [5.41, 5.74) is 14.6. The van der Waals surface area contributed by atoms with E-state index in [0.29, 0.717) is 17.5 Å². The molecular weight excluding hydrogens is 465 g/mol. The fourth-order valence-electron chi connectivity index (χ4n) is 6.54. The highest BCUT2D eigenvalue weighted by Gasteiger charge is 2.55. The SMILES string of the molecule is C[C@H]1Oc2cc(cnc2N)-c2c(CC3CC3)nn3c2C(CC32CC2)c2cccnc2-c2ccc(F)cc21. The fraction of sp³-hybridized carbons (Fsp3) is 0.367. The molecule has 1 spiro atoms. The quantitative estimate of drug-likeness (QED) is 0.362. The highest BCUT2D eigenvalue weighted by molar-refractivity contribution is 5.76. The summed E-state index contributed by atoms with van der Waals surface area (Å²) in [6.07, 6.45) is 10.0. The lowest BCUT2D eigenvalue weighted by molar-refractivity contribution is 0.227. The third-order valence-corrected chi connectivity index (χ3v) is 8.76. The molecule has 4 aromatic rings. The molecule has 2 bridgehead atoms. The molecule has 0 saturated heterocycles. The van der Waals surface area contributed by atoms with Crippen LogP contribution in [0.5, 0.6) is 5.75 Å². The van der Waals surface area contributed by atoms with Gasteiger partial charge in [0, 0.05) is 40.6 Å². The van der Waals surface area contributed by atoms with Crippen LogP contribution in [0.25, 0.3) is 22.4 Å². The molecule has 5 heterocycles. The summed E-state index contributed by atoms with van der Waals surface area (Å²) < 4.78 is 23.3. The molecule has 2 N–H and O–H groups in total. The Labute approximate surface area is 214 Å². The van der Waals surface area contributed by atoms with E-state index >= 15 is 0 Å². The van der Waals surface area contributed by atoms with Crippen LogP contribution in [0.4, 0.5) is 10.2 Å². The lowest BCUT2D eigenvalue weighted by atomic mass is 9.84. The fourth-order valence-corrected chi connectivity index (χ4v) is 6.54. The molecular formula is C30H28FN5O. The topological polar surface area (TPSA) is 78.9 Å². The Kier molecular flexibility index (Phi) is 4.27. The zero-order valence-corrected chi connectivity index (χ0v) is 20.7. The highest BCUT2D eigenvalue weighted by atomic mass is 19.1. The molecule has 37 heavy (non-hydrogen) atoms. The first kappa shape index (κ1) is 21.4. The molecule has 4 aliphatic rings. The van der Waals surface area contributed by atoms with E-state index < -0.39 is 6.10 Å². The Bertz CT molecular complexity index is 1590. The summed E-state index contributed by atoms with van der Waals surface area (Å²) in [4.78, 5) is 9.43. The zero-order valence-electron chi connectivity index (χ0n) is 20.7. The number of benzene rings is 1. The van der Waals surface area contributed by atoms with Crippen molar-refractivity contribution >= 4 is 5.82 Å². The number of nitrogens with two attached hydrogens (primary N) is 1. The summed E-state index contributed by atoms with van der Waals surface area (Å²) in [7, 11) is 0. The van der Waals surface area contributed by atoms with Gasteiger partial charge in [0.2, 0.25) is 0 Å². The molecule has 0 radical (unpaired) electrons. The average molecular weight is 494 g/mol. The van der Waals surface area contributed by atoms with Gasteiger partial charge in [0.05, 0.1) is 22.6 Å². The third-order valence-electron chi connectivity index (χ3n) is 8.76. The first-order valence-corrected chi connectivity index (χ1v) is 13.3. The molecule has 6 nitrogen and oxygen atoms in total. The van der Waals surface area contributed by atoms with Crippen molar-refractivity contribution in [3.8, 4) is 28.1 Å². The normalized spacial score (nSPS) is 22.3. The minimum Gasteiger partial charge on any atom is -0.482 e. The number of rotatable bonds is 2. The summed E-state index contributed by atoms with van der Waals surface area (Å²) in [5, 5.41) is 5.31. The summed E-state index contributed by atoms with van der Waals surface area (Å²) in [5.74, 6) is 1.37. The van der Waals surface area contributed by atoms with Crippen LogP contribution >= 0.6 is 0 Å². The van der Waals surface area contributed by atoms with Crippen molar-refractivity contribution in [1.29, 1.82) is 0 Å². The van der Waals surface area contributed by atoms with Gasteiger partial charge in [-0.05, 0) is 87.3 Å². The van der Waals surface area contributed by atoms with Gasteiger partial charge in [0.1, 0.15) is 11.9 Å². The number of halogens is 1. The number of fused-ring (bicyclic) bond motifs is 8. The van der Waals surface area contributed by atoms with Crippen LogP contribution in [-0.4, -0.2) is 19.7 Å². The van der Waals surface area contributed by atoms with Crippen molar-refractivity contribution in [3.05, 3.63) is 77.1 Å². The molecule has 2 atom stereocenters. The third kappa shape index (κ3) is 3.19.